The smallest absolute Gasteiger partial charge is 0.254 e. The molecule has 6 nitrogen and oxygen atoms in total. The lowest BCUT2D eigenvalue weighted by atomic mass is 9.99. The lowest BCUT2D eigenvalue weighted by Gasteiger charge is -2.28. The van der Waals surface area contributed by atoms with Crippen LogP contribution in [0.5, 0.6) is 0 Å². The third kappa shape index (κ3) is 4.59. The van der Waals surface area contributed by atoms with E-state index in [0.717, 1.165) is 12.0 Å². The van der Waals surface area contributed by atoms with Crippen molar-refractivity contribution in [3.63, 3.8) is 0 Å². The Morgan fingerprint density at radius 3 is 2.42 bits per heavy atom. The number of sulfonamides is 1. The van der Waals surface area contributed by atoms with E-state index in [9.17, 15) is 13.2 Å². The SMILES string of the molecule is CCc1ccc(C(=O)N2CC=C(c3ccccc3)CC2)cc1S(=O)(=O)N1CCOCC1. The molecule has 2 aliphatic rings. The molecular weight excluding hydrogens is 412 g/mol. The van der Waals surface area contributed by atoms with E-state index in [2.05, 4.69) is 18.2 Å². The summed E-state index contributed by atoms with van der Waals surface area (Å²) in [6, 6.07) is 15.3. The number of morpholine rings is 1. The van der Waals surface area contributed by atoms with Crippen LogP contribution in [0, 0.1) is 0 Å². The third-order valence-corrected chi connectivity index (χ3v) is 7.90. The number of amides is 1. The number of hydrogen-bond donors (Lipinski definition) is 0. The topological polar surface area (TPSA) is 66.9 Å². The van der Waals surface area contributed by atoms with Crippen molar-refractivity contribution in [2.75, 3.05) is 39.4 Å². The quantitative estimate of drug-likeness (QED) is 0.716. The molecule has 1 fully saturated rings. The van der Waals surface area contributed by atoms with Crippen molar-refractivity contribution in [2.45, 2.75) is 24.7 Å². The van der Waals surface area contributed by atoms with E-state index >= 15 is 0 Å². The van der Waals surface area contributed by atoms with Crippen LogP contribution < -0.4 is 0 Å². The van der Waals surface area contributed by atoms with Gasteiger partial charge in [0.25, 0.3) is 5.91 Å². The van der Waals surface area contributed by atoms with E-state index in [0.29, 0.717) is 51.4 Å². The van der Waals surface area contributed by atoms with E-state index in [1.54, 1.807) is 23.1 Å². The molecule has 0 unspecified atom stereocenters. The number of benzene rings is 2. The molecular formula is C24H28N2O4S. The van der Waals surface area contributed by atoms with Crippen LogP contribution in [0.3, 0.4) is 0 Å². The average molecular weight is 441 g/mol. The normalized spacial score (nSPS) is 18.0. The maximum Gasteiger partial charge on any atom is 0.254 e. The lowest BCUT2D eigenvalue weighted by Crippen LogP contribution is -2.41. The van der Waals surface area contributed by atoms with Crippen LogP contribution in [0.2, 0.25) is 0 Å². The van der Waals surface area contributed by atoms with Gasteiger partial charge in [0, 0.05) is 31.7 Å². The highest BCUT2D eigenvalue weighted by atomic mass is 32.2. The first-order valence-electron chi connectivity index (χ1n) is 10.7. The molecule has 0 bridgehead atoms. The highest BCUT2D eigenvalue weighted by molar-refractivity contribution is 7.89. The van der Waals surface area contributed by atoms with Crippen LogP contribution in [0.4, 0.5) is 0 Å². The molecule has 0 aliphatic carbocycles. The van der Waals surface area contributed by atoms with Gasteiger partial charge in [0.05, 0.1) is 18.1 Å². The number of aryl methyl sites for hydroxylation is 1. The minimum Gasteiger partial charge on any atom is -0.379 e. The summed E-state index contributed by atoms with van der Waals surface area (Å²) in [5, 5.41) is 0. The number of carbonyl (C=O) groups is 1. The Balaban J connectivity index is 1.57. The predicted molar refractivity (Wildman–Crippen MR) is 120 cm³/mol. The van der Waals surface area contributed by atoms with Gasteiger partial charge in [-0.1, -0.05) is 49.4 Å². The Morgan fingerprint density at radius 2 is 1.77 bits per heavy atom. The molecule has 4 rings (SSSR count). The Morgan fingerprint density at radius 1 is 1.03 bits per heavy atom. The summed E-state index contributed by atoms with van der Waals surface area (Å²) in [7, 11) is -3.67. The summed E-state index contributed by atoms with van der Waals surface area (Å²) in [5.41, 5.74) is 3.57. The summed E-state index contributed by atoms with van der Waals surface area (Å²) in [6.45, 7) is 4.51. The van der Waals surface area contributed by atoms with Crippen molar-refractivity contribution in [2.24, 2.45) is 0 Å². The zero-order valence-corrected chi connectivity index (χ0v) is 18.6. The summed E-state index contributed by atoms with van der Waals surface area (Å²) in [5.74, 6) is -0.135. The van der Waals surface area contributed by atoms with Crippen molar-refractivity contribution in [3.8, 4) is 0 Å². The zero-order chi connectivity index (χ0) is 21.8. The molecule has 2 aliphatic heterocycles. The maximum atomic E-state index is 13.3. The highest BCUT2D eigenvalue weighted by Crippen LogP contribution is 2.26. The Bertz CT molecular complexity index is 1070. The monoisotopic (exact) mass is 440 g/mol. The summed E-state index contributed by atoms with van der Waals surface area (Å²) in [4.78, 5) is 15.2. The van der Waals surface area contributed by atoms with Gasteiger partial charge in [-0.15, -0.1) is 0 Å². The van der Waals surface area contributed by atoms with Crippen LogP contribution >= 0.6 is 0 Å². The van der Waals surface area contributed by atoms with Crippen molar-refractivity contribution in [1.29, 1.82) is 0 Å². The van der Waals surface area contributed by atoms with Crippen LogP contribution in [-0.2, 0) is 21.2 Å². The molecule has 0 aromatic heterocycles. The molecule has 31 heavy (non-hydrogen) atoms. The van der Waals surface area contributed by atoms with Gasteiger partial charge >= 0.3 is 0 Å². The molecule has 1 saturated heterocycles. The molecule has 7 heteroatoms. The highest BCUT2D eigenvalue weighted by Gasteiger charge is 2.29. The Hall–Kier alpha value is -2.48. The van der Waals surface area contributed by atoms with E-state index in [4.69, 9.17) is 4.74 Å². The third-order valence-electron chi connectivity index (χ3n) is 5.92. The van der Waals surface area contributed by atoms with Gasteiger partial charge in [0.15, 0.2) is 0 Å². The molecule has 0 saturated carbocycles. The number of ether oxygens (including phenoxy) is 1. The Kier molecular flexibility index (Phi) is 6.55. The first kappa shape index (κ1) is 21.7. The molecule has 1 amide bonds. The van der Waals surface area contributed by atoms with Gasteiger partial charge in [0.1, 0.15) is 0 Å². The molecule has 0 atom stereocenters. The minimum atomic E-state index is -3.67. The van der Waals surface area contributed by atoms with E-state index in [-0.39, 0.29) is 10.8 Å². The van der Waals surface area contributed by atoms with Crippen molar-refractivity contribution in [3.05, 3.63) is 71.3 Å². The first-order chi connectivity index (χ1) is 15.0. The second kappa shape index (κ2) is 9.34. The molecule has 0 spiro atoms. The summed E-state index contributed by atoms with van der Waals surface area (Å²) < 4.78 is 33.3. The fraction of sp³-hybridized carbons (Fsp3) is 0.375. The van der Waals surface area contributed by atoms with Crippen LogP contribution in [0.25, 0.3) is 5.57 Å². The maximum absolute atomic E-state index is 13.3. The fourth-order valence-electron chi connectivity index (χ4n) is 4.10. The molecule has 0 N–H and O–H groups in total. The number of hydrogen-bond acceptors (Lipinski definition) is 4. The van der Waals surface area contributed by atoms with Crippen molar-refractivity contribution in [1.82, 2.24) is 9.21 Å². The minimum absolute atomic E-state index is 0.135. The summed E-state index contributed by atoms with van der Waals surface area (Å²) >= 11 is 0. The standard InChI is InChI=1S/C24H28N2O4S/c1-2-19-8-9-22(18-23(19)31(28,29)26-14-16-30-17-15-26)24(27)25-12-10-21(11-13-25)20-6-4-3-5-7-20/h3-10,18H,2,11-17H2,1H3. The van der Waals surface area contributed by atoms with E-state index < -0.39 is 10.0 Å². The van der Waals surface area contributed by atoms with E-state index in [1.165, 1.54) is 15.4 Å². The molecule has 2 aromatic carbocycles. The first-order valence-corrected chi connectivity index (χ1v) is 12.2. The Labute approximate surface area is 184 Å². The summed E-state index contributed by atoms with van der Waals surface area (Å²) in [6.07, 6.45) is 3.45. The van der Waals surface area contributed by atoms with Crippen LogP contribution in [0.15, 0.2) is 59.5 Å². The van der Waals surface area contributed by atoms with Gasteiger partial charge in [-0.05, 0) is 41.7 Å². The number of nitrogens with zero attached hydrogens (tertiary/aromatic N) is 2. The number of carbonyl (C=O) groups excluding carboxylic acids is 1. The van der Waals surface area contributed by atoms with Gasteiger partial charge in [-0.3, -0.25) is 4.79 Å². The van der Waals surface area contributed by atoms with Gasteiger partial charge in [-0.2, -0.15) is 4.31 Å². The van der Waals surface area contributed by atoms with E-state index in [1.807, 2.05) is 25.1 Å². The van der Waals surface area contributed by atoms with Gasteiger partial charge in [0.2, 0.25) is 10.0 Å². The average Bonchev–Trinajstić information content (AvgIpc) is 2.84. The molecule has 2 aromatic rings. The number of rotatable bonds is 5. The zero-order valence-electron chi connectivity index (χ0n) is 17.8. The second-order valence-electron chi connectivity index (χ2n) is 7.79. The predicted octanol–water partition coefficient (Wildman–Crippen LogP) is 3.20. The van der Waals surface area contributed by atoms with Gasteiger partial charge in [-0.25, -0.2) is 8.42 Å². The molecule has 2 heterocycles. The molecule has 164 valence electrons. The van der Waals surface area contributed by atoms with Crippen molar-refractivity contribution < 1.29 is 17.9 Å². The lowest BCUT2D eigenvalue weighted by molar-refractivity contribution is 0.0729. The van der Waals surface area contributed by atoms with Gasteiger partial charge < -0.3 is 9.64 Å². The second-order valence-corrected chi connectivity index (χ2v) is 9.70. The largest absolute Gasteiger partial charge is 0.379 e. The fourth-order valence-corrected chi connectivity index (χ4v) is 5.82. The van der Waals surface area contributed by atoms with Crippen molar-refractivity contribution >= 4 is 21.5 Å². The molecule has 0 radical (unpaired) electrons. The van der Waals surface area contributed by atoms with Crippen LogP contribution in [-0.4, -0.2) is 62.9 Å². The van der Waals surface area contributed by atoms with Crippen LogP contribution in [0.1, 0.15) is 34.8 Å².